The average molecular weight is 327 g/mol. The zero-order valence-corrected chi connectivity index (χ0v) is 13.7. The highest BCUT2D eigenvalue weighted by atomic mass is 32.1. The van der Waals surface area contributed by atoms with E-state index in [2.05, 4.69) is 39.8 Å². The van der Waals surface area contributed by atoms with Crippen molar-refractivity contribution < 1.29 is 4.79 Å². The number of hydrogen-bond acceptors (Lipinski definition) is 5. The van der Waals surface area contributed by atoms with E-state index in [9.17, 15) is 4.79 Å². The third-order valence-corrected chi connectivity index (χ3v) is 4.44. The van der Waals surface area contributed by atoms with E-state index in [0.717, 1.165) is 21.6 Å². The van der Waals surface area contributed by atoms with Crippen molar-refractivity contribution in [3.05, 3.63) is 51.7 Å². The standard InChI is InChI=1S/C16H17N5OS/c1-10(2)13-6-7-23-14(13)16(22)17-9-11-4-3-5-12(8-11)15-18-20-21-19-15/h3-8,10H,9H2,1-2H3,(H,17,22)(H,18,19,20,21). The summed E-state index contributed by atoms with van der Waals surface area (Å²) in [6.45, 7) is 4.64. The quantitative estimate of drug-likeness (QED) is 0.754. The van der Waals surface area contributed by atoms with Gasteiger partial charge in [-0.3, -0.25) is 4.79 Å². The molecule has 0 saturated heterocycles. The number of nitrogens with one attached hydrogen (secondary N) is 2. The number of carbonyl (C=O) groups excluding carboxylic acids is 1. The maximum absolute atomic E-state index is 12.4. The molecule has 3 aromatic rings. The summed E-state index contributed by atoms with van der Waals surface area (Å²) < 4.78 is 0. The van der Waals surface area contributed by atoms with Crippen molar-refractivity contribution >= 4 is 17.2 Å². The van der Waals surface area contributed by atoms with Gasteiger partial charge in [0.25, 0.3) is 5.91 Å². The van der Waals surface area contributed by atoms with Crippen molar-refractivity contribution in [3.8, 4) is 11.4 Å². The van der Waals surface area contributed by atoms with Gasteiger partial charge in [0.2, 0.25) is 5.82 Å². The van der Waals surface area contributed by atoms with E-state index in [1.54, 1.807) is 0 Å². The molecule has 7 heteroatoms. The number of benzene rings is 1. The molecule has 3 rings (SSSR count). The summed E-state index contributed by atoms with van der Waals surface area (Å²) in [4.78, 5) is 13.2. The summed E-state index contributed by atoms with van der Waals surface area (Å²) in [6, 6.07) is 9.75. The molecule has 1 amide bonds. The minimum Gasteiger partial charge on any atom is -0.347 e. The van der Waals surface area contributed by atoms with Gasteiger partial charge in [0.05, 0.1) is 4.88 Å². The Bertz CT molecular complexity index is 794. The highest BCUT2D eigenvalue weighted by Gasteiger charge is 2.15. The van der Waals surface area contributed by atoms with Crippen LogP contribution in [-0.2, 0) is 6.54 Å². The number of carbonyl (C=O) groups is 1. The second-order valence-electron chi connectivity index (χ2n) is 5.48. The van der Waals surface area contributed by atoms with Crippen LogP contribution in [0.4, 0.5) is 0 Å². The van der Waals surface area contributed by atoms with Gasteiger partial charge in [-0.15, -0.1) is 21.5 Å². The van der Waals surface area contributed by atoms with Crippen molar-refractivity contribution in [2.24, 2.45) is 0 Å². The number of amides is 1. The smallest absolute Gasteiger partial charge is 0.261 e. The summed E-state index contributed by atoms with van der Waals surface area (Å²) in [5, 5.41) is 18.9. The number of thiophene rings is 1. The van der Waals surface area contributed by atoms with Crippen LogP contribution >= 0.6 is 11.3 Å². The minimum absolute atomic E-state index is 0.0336. The molecule has 118 valence electrons. The monoisotopic (exact) mass is 327 g/mol. The Morgan fingerprint density at radius 3 is 2.96 bits per heavy atom. The maximum atomic E-state index is 12.4. The molecule has 0 spiro atoms. The number of rotatable bonds is 5. The molecule has 1 aromatic carbocycles. The van der Waals surface area contributed by atoms with Gasteiger partial charge in [0.1, 0.15) is 0 Å². The largest absolute Gasteiger partial charge is 0.347 e. The first-order valence-electron chi connectivity index (χ1n) is 7.33. The molecule has 0 radical (unpaired) electrons. The summed E-state index contributed by atoms with van der Waals surface area (Å²) >= 11 is 1.48. The molecule has 23 heavy (non-hydrogen) atoms. The summed E-state index contributed by atoms with van der Waals surface area (Å²) in [5.41, 5.74) is 2.95. The summed E-state index contributed by atoms with van der Waals surface area (Å²) in [6.07, 6.45) is 0. The van der Waals surface area contributed by atoms with Gasteiger partial charge >= 0.3 is 0 Å². The average Bonchev–Trinajstić information content (AvgIpc) is 3.23. The zero-order chi connectivity index (χ0) is 16.2. The lowest BCUT2D eigenvalue weighted by Crippen LogP contribution is -2.23. The molecule has 0 bridgehead atoms. The maximum Gasteiger partial charge on any atom is 0.261 e. The van der Waals surface area contributed by atoms with E-state index in [4.69, 9.17) is 0 Å². The van der Waals surface area contributed by atoms with Crippen LogP contribution in [0.5, 0.6) is 0 Å². The fourth-order valence-electron chi connectivity index (χ4n) is 2.33. The van der Waals surface area contributed by atoms with E-state index in [1.807, 2.05) is 35.7 Å². The molecule has 0 fully saturated rings. The van der Waals surface area contributed by atoms with Crippen LogP contribution in [0, 0.1) is 0 Å². The second kappa shape index (κ2) is 6.70. The molecule has 0 aliphatic heterocycles. The number of H-pyrrole nitrogens is 1. The van der Waals surface area contributed by atoms with Crippen LogP contribution < -0.4 is 5.32 Å². The Balaban J connectivity index is 1.70. The molecule has 0 atom stereocenters. The van der Waals surface area contributed by atoms with Crippen LogP contribution in [0.1, 0.15) is 40.6 Å². The molecule has 6 nitrogen and oxygen atoms in total. The molecule has 0 aliphatic carbocycles. The Kier molecular flexibility index (Phi) is 4.47. The normalized spacial score (nSPS) is 10.9. The number of tetrazole rings is 1. The lowest BCUT2D eigenvalue weighted by Gasteiger charge is -2.09. The van der Waals surface area contributed by atoms with Crippen LogP contribution in [0.2, 0.25) is 0 Å². The highest BCUT2D eigenvalue weighted by Crippen LogP contribution is 2.24. The van der Waals surface area contributed by atoms with Crippen LogP contribution in [0.25, 0.3) is 11.4 Å². The van der Waals surface area contributed by atoms with E-state index < -0.39 is 0 Å². The lowest BCUT2D eigenvalue weighted by atomic mass is 10.0. The van der Waals surface area contributed by atoms with Gasteiger partial charge in [0.15, 0.2) is 0 Å². The number of hydrogen-bond donors (Lipinski definition) is 2. The molecular weight excluding hydrogens is 310 g/mol. The summed E-state index contributed by atoms with van der Waals surface area (Å²) in [7, 11) is 0. The minimum atomic E-state index is -0.0336. The molecule has 0 saturated carbocycles. The van der Waals surface area contributed by atoms with Crippen LogP contribution in [-0.4, -0.2) is 26.5 Å². The van der Waals surface area contributed by atoms with Crippen LogP contribution in [0.15, 0.2) is 35.7 Å². The van der Waals surface area contributed by atoms with E-state index in [1.165, 1.54) is 11.3 Å². The van der Waals surface area contributed by atoms with E-state index in [-0.39, 0.29) is 5.91 Å². The van der Waals surface area contributed by atoms with Crippen molar-refractivity contribution in [2.45, 2.75) is 26.3 Å². The molecule has 2 heterocycles. The number of nitrogens with zero attached hydrogens (tertiary/aromatic N) is 3. The van der Waals surface area contributed by atoms with Crippen LogP contribution in [0.3, 0.4) is 0 Å². The second-order valence-corrected chi connectivity index (χ2v) is 6.39. The topological polar surface area (TPSA) is 83.6 Å². The molecule has 2 N–H and O–H groups in total. The first kappa shape index (κ1) is 15.4. The Labute approximate surface area is 137 Å². The van der Waals surface area contributed by atoms with Crippen molar-refractivity contribution in [2.75, 3.05) is 0 Å². The van der Waals surface area contributed by atoms with E-state index >= 15 is 0 Å². The fourth-order valence-corrected chi connectivity index (χ4v) is 3.30. The first-order chi connectivity index (χ1) is 11.1. The van der Waals surface area contributed by atoms with Gasteiger partial charge in [-0.1, -0.05) is 32.0 Å². The first-order valence-corrected chi connectivity index (χ1v) is 8.21. The van der Waals surface area contributed by atoms with Gasteiger partial charge in [-0.05, 0) is 39.8 Å². The Morgan fingerprint density at radius 1 is 1.35 bits per heavy atom. The SMILES string of the molecule is CC(C)c1ccsc1C(=O)NCc1cccc(-c2nn[nH]n2)c1. The van der Waals surface area contributed by atoms with Gasteiger partial charge in [-0.2, -0.15) is 5.21 Å². The lowest BCUT2D eigenvalue weighted by molar-refractivity contribution is 0.0954. The van der Waals surface area contributed by atoms with Crippen molar-refractivity contribution in [3.63, 3.8) is 0 Å². The Hall–Kier alpha value is -2.54. The van der Waals surface area contributed by atoms with Gasteiger partial charge < -0.3 is 5.32 Å². The van der Waals surface area contributed by atoms with Crippen molar-refractivity contribution in [1.29, 1.82) is 0 Å². The predicted octanol–water partition coefficient (Wildman–Crippen LogP) is 2.98. The Morgan fingerprint density at radius 2 is 2.22 bits per heavy atom. The number of aromatic nitrogens is 4. The van der Waals surface area contributed by atoms with E-state index in [0.29, 0.717) is 18.3 Å². The fraction of sp³-hybridized carbons (Fsp3) is 0.250. The third-order valence-electron chi connectivity index (χ3n) is 3.51. The molecule has 0 aliphatic rings. The van der Waals surface area contributed by atoms with Gasteiger partial charge in [-0.25, -0.2) is 0 Å². The molecule has 0 unspecified atom stereocenters. The van der Waals surface area contributed by atoms with Gasteiger partial charge in [0, 0.05) is 12.1 Å². The zero-order valence-electron chi connectivity index (χ0n) is 12.9. The van der Waals surface area contributed by atoms with Crippen molar-refractivity contribution in [1.82, 2.24) is 25.9 Å². The molecule has 2 aromatic heterocycles. The predicted molar refractivity (Wildman–Crippen MR) is 89.2 cm³/mol. The third kappa shape index (κ3) is 3.45. The summed E-state index contributed by atoms with van der Waals surface area (Å²) in [5.74, 6) is 0.843. The number of aromatic amines is 1. The highest BCUT2D eigenvalue weighted by molar-refractivity contribution is 7.12. The molecular formula is C16H17N5OS.